The molecule has 1 aromatic rings. The first-order valence-electron chi connectivity index (χ1n) is 7.16. The molecule has 0 amide bonds. The van der Waals surface area contributed by atoms with E-state index in [1.807, 2.05) is 0 Å². The summed E-state index contributed by atoms with van der Waals surface area (Å²) in [6, 6.07) is 4.65. The Labute approximate surface area is 125 Å². The maximum absolute atomic E-state index is 13.5. The minimum Gasteiger partial charge on any atom is -0.389 e. The average molecular weight is 295 g/mol. The number of hydrogen-bond donors (Lipinski definition) is 1. The topological polar surface area (TPSA) is 35.2 Å². The molecule has 0 bridgehead atoms. The Morgan fingerprint density at radius 1 is 1.30 bits per heavy atom. The molecule has 0 aromatic heterocycles. The highest BCUT2D eigenvalue weighted by molar-refractivity contribution is 7.80. The van der Waals surface area contributed by atoms with Gasteiger partial charge in [0.05, 0.1) is 12.7 Å². The number of halogens is 1. The predicted octanol–water partition coefficient (Wildman–Crippen LogP) is 3.80. The van der Waals surface area contributed by atoms with Crippen molar-refractivity contribution in [1.82, 2.24) is 0 Å². The van der Waals surface area contributed by atoms with E-state index in [4.69, 9.17) is 22.7 Å². The number of rotatable bonds is 4. The van der Waals surface area contributed by atoms with E-state index in [1.54, 1.807) is 6.07 Å². The van der Waals surface area contributed by atoms with Crippen LogP contribution in [0.3, 0.4) is 0 Å². The highest BCUT2D eigenvalue weighted by Crippen LogP contribution is 2.31. The minimum atomic E-state index is -0.320. The maximum atomic E-state index is 13.5. The molecule has 1 aliphatic carbocycles. The van der Waals surface area contributed by atoms with Crippen molar-refractivity contribution in [2.24, 2.45) is 17.6 Å². The zero-order chi connectivity index (χ0) is 14.7. The summed E-state index contributed by atoms with van der Waals surface area (Å²) in [6.07, 6.45) is 3.65. The van der Waals surface area contributed by atoms with Crippen molar-refractivity contribution in [3.63, 3.8) is 0 Å². The van der Waals surface area contributed by atoms with Crippen molar-refractivity contribution in [3.8, 4) is 0 Å². The van der Waals surface area contributed by atoms with Crippen LogP contribution in [0.2, 0.25) is 0 Å². The van der Waals surface area contributed by atoms with E-state index < -0.39 is 0 Å². The van der Waals surface area contributed by atoms with Gasteiger partial charge in [-0.3, -0.25) is 0 Å². The molecule has 2 nitrogen and oxygen atoms in total. The molecule has 0 aliphatic heterocycles. The van der Waals surface area contributed by atoms with E-state index in [2.05, 4.69) is 13.8 Å². The van der Waals surface area contributed by atoms with E-state index >= 15 is 0 Å². The van der Waals surface area contributed by atoms with Gasteiger partial charge >= 0.3 is 0 Å². The molecular formula is C16H22FNOS. The Kier molecular flexibility index (Phi) is 5.11. The van der Waals surface area contributed by atoms with Gasteiger partial charge < -0.3 is 10.5 Å². The molecule has 2 N–H and O–H groups in total. The van der Waals surface area contributed by atoms with Crippen LogP contribution in [-0.4, -0.2) is 11.1 Å². The summed E-state index contributed by atoms with van der Waals surface area (Å²) >= 11 is 4.89. The Balaban J connectivity index is 1.95. The molecule has 0 heterocycles. The Morgan fingerprint density at radius 3 is 2.70 bits per heavy atom. The Hall–Kier alpha value is -1.00. The molecule has 2 rings (SSSR count). The standard InChI is InChI=1S/C16H22FNOS/c1-10-3-4-15(5-11(10)2)19-9-12-6-13(16(18)20)8-14(17)7-12/h6-8,10-11,15H,3-5,9H2,1-2H3,(H2,18,20). The molecule has 20 heavy (non-hydrogen) atoms. The summed E-state index contributed by atoms with van der Waals surface area (Å²) in [6.45, 7) is 4.98. The number of thiocarbonyl (C=S) groups is 1. The van der Waals surface area contributed by atoms with Crippen molar-refractivity contribution in [2.45, 2.75) is 45.8 Å². The third-order valence-corrected chi connectivity index (χ3v) is 4.51. The Morgan fingerprint density at radius 2 is 2.05 bits per heavy atom. The van der Waals surface area contributed by atoms with Gasteiger partial charge in [-0.25, -0.2) is 4.39 Å². The summed E-state index contributed by atoms with van der Waals surface area (Å²) in [5, 5.41) is 0. The summed E-state index contributed by atoms with van der Waals surface area (Å²) < 4.78 is 19.4. The minimum absolute atomic E-state index is 0.214. The van der Waals surface area contributed by atoms with Crippen LogP contribution in [0, 0.1) is 17.7 Å². The number of nitrogens with two attached hydrogens (primary N) is 1. The van der Waals surface area contributed by atoms with Crippen LogP contribution < -0.4 is 5.73 Å². The molecule has 1 saturated carbocycles. The van der Waals surface area contributed by atoms with Gasteiger partial charge in [-0.15, -0.1) is 0 Å². The lowest BCUT2D eigenvalue weighted by Gasteiger charge is -2.32. The monoisotopic (exact) mass is 295 g/mol. The molecule has 0 radical (unpaired) electrons. The van der Waals surface area contributed by atoms with Crippen LogP contribution in [0.15, 0.2) is 18.2 Å². The van der Waals surface area contributed by atoms with E-state index in [9.17, 15) is 4.39 Å². The quantitative estimate of drug-likeness (QED) is 0.858. The molecule has 0 spiro atoms. The van der Waals surface area contributed by atoms with Crippen LogP contribution in [0.1, 0.15) is 44.2 Å². The molecule has 1 fully saturated rings. The van der Waals surface area contributed by atoms with E-state index in [0.717, 1.165) is 24.3 Å². The number of ether oxygens (including phenoxy) is 1. The fourth-order valence-corrected chi connectivity index (χ4v) is 2.86. The van der Waals surface area contributed by atoms with Gasteiger partial charge in [-0.2, -0.15) is 0 Å². The van der Waals surface area contributed by atoms with E-state index in [0.29, 0.717) is 18.1 Å². The van der Waals surface area contributed by atoms with Gasteiger partial charge in [0.25, 0.3) is 0 Å². The van der Waals surface area contributed by atoms with Crippen molar-refractivity contribution in [1.29, 1.82) is 0 Å². The lowest BCUT2D eigenvalue weighted by atomic mass is 9.80. The summed E-state index contributed by atoms with van der Waals surface area (Å²) in [7, 11) is 0. The largest absolute Gasteiger partial charge is 0.389 e. The number of hydrogen-bond acceptors (Lipinski definition) is 2. The van der Waals surface area contributed by atoms with Crippen LogP contribution >= 0.6 is 12.2 Å². The smallest absolute Gasteiger partial charge is 0.124 e. The van der Waals surface area contributed by atoms with Crippen molar-refractivity contribution in [3.05, 3.63) is 35.1 Å². The van der Waals surface area contributed by atoms with Gasteiger partial charge in [0, 0.05) is 5.56 Å². The lowest BCUT2D eigenvalue weighted by molar-refractivity contribution is -0.00753. The van der Waals surface area contributed by atoms with E-state index in [-0.39, 0.29) is 16.9 Å². The summed E-state index contributed by atoms with van der Waals surface area (Å²) in [5.41, 5.74) is 6.90. The van der Waals surface area contributed by atoms with Gasteiger partial charge in [0.1, 0.15) is 10.8 Å². The normalized spacial score (nSPS) is 26.4. The summed E-state index contributed by atoms with van der Waals surface area (Å²) in [4.78, 5) is 0.214. The van der Waals surface area contributed by atoms with Gasteiger partial charge in [0.2, 0.25) is 0 Å². The zero-order valence-corrected chi connectivity index (χ0v) is 12.9. The fourth-order valence-electron chi connectivity index (χ4n) is 2.74. The Bertz CT molecular complexity index is 491. The molecule has 3 unspecified atom stereocenters. The van der Waals surface area contributed by atoms with Crippen LogP contribution in [0.25, 0.3) is 0 Å². The third kappa shape index (κ3) is 4.00. The highest BCUT2D eigenvalue weighted by atomic mass is 32.1. The van der Waals surface area contributed by atoms with E-state index in [1.165, 1.54) is 18.6 Å². The van der Waals surface area contributed by atoms with Gasteiger partial charge in [-0.05, 0) is 54.9 Å². The maximum Gasteiger partial charge on any atom is 0.124 e. The predicted molar refractivity (Wildman–Crippen MR) is 83.0 cm³/mol. The second kappa shape index (κ2) is 6.64. The molecule has 1 aliphatic rings. The van der Waals surface area contributed by atoms with Crippen molar-refractivity contribution < 1.29 is 9.13 Å². The molecular weight excluding hydrogens is 273 g/mol. The van der Waals surface area contributed by atoms with Crippen LogP contribution in [-0.2, 0) is 11.3 Å². The van der Waals surface area contributed by atoms with Gasteiger partial charge in [0.15, 0.2) is 0 Å². The first-order valence-corrected chi connectivity index (χ1v) is 7.57. The first-order chi connectivity index (χ1) is 9.45. The van der Waals surface area contributed by atoms with Crippen LogP contribution in [0.5, 0.6) is 0 Å². The zero-order valence-electron chi connectivity index (χ0n) is 12.1. The molecule has 4 heteroatoms. The second-order valence-corrected chi connectivity index (χ2v) is 6.35. The fraction of sp³-hybridized carbons (Fsp3) is 0.562. The molecule has 3 atom stereocenters. The molecule has 0 saturated heterocycles. The average Bonchev–Trinajstić information content (AvgIpc) is 2.39. The van der Waals surface area contributed by atoms with Gasteiger partial charge in [-0.1, -0.05) is 26.1 Å². The van der Waals surface area contributed by atoms with Crippen molar-refractivity contribution >= 4 is 17.2 Å². The summed E-state index contributed by atoms with van der Waals surface area (Å²) in [5.74, 6) is 1.14. The van der Waals surface area contributed by atoms with Crippen LogP contribution in [0.4, 0.5) is 4.39 Å². The first kappa shape index (κ1) is 15.4. The SMILES string of the molecule is CC1CCC(OCc2cc(F)cc(C(N)=S)c2)CC1C. The lowest BCUT2D eigenvalue weighted by Crippen LogP contribution is -2.26. The third-order valence-electron chi connectivity index (χ3n) is 4.28. The second-order valence-electron chi connectivity index (χ2n) is 5.91. The molecule has 110 valence electrons. The van der Waals surface area contributed by atoms with Crippen molar-refractivity contribution in [2.75, 3.05) is 0 Å². The number of benzene rings is 1. The highest BCUT2D eigenvalue weighted by Gasteiger charge is 2.24. The molecule has 1 aromatic carbocycles.